The highest BCUT2D eigenvalue weighted by Crippen LogP contribution is 2.37. The van der Waals surface area contributed by atoms with Crippen LogP contribution < -0.4 is 15.5 Å². The molecule has 1 amide bonds. The van der Waals surface area contributed by atoms with Gasteiger partial charge in [0.1, 0.15) is 5.82 Å². The van der Waals surface area contributed by atoms with Crippen molar-refractivity contribution in [2.75, 3.05) is 50.7 Å². The van der Waals surface area contributed by atoms with E-state index in [1.165, 1.54) is 12.8 Å². The van der Waals surface area contributed by atoms with Crippen LogP contribution in [0.15, 0.2) is 18.2 Å². The molecule has 3 aliphatic rings. The minimum absolute atomic E-state index is 0.0155. The third-order valence-corrected chi connectivity index (χ3v) is 6.11. The summed E-state index contributed by atoms with van der Waals surface area (Å²) in [5.41, 5.74) is 1.39. The van der Waals surface area contributed by atoms with Gasteiger partial charge in [-0.15, -0.1) is 0 Å². The van der Waals surface area contributed by atoms with Crippen LogP contribution >= 0.6 is 0 Å². The number of aromatic nitrogens is 1. The molecular weight excluding hydrogens is 314 g/mol. The molecule has 1 aromatic rings. The number of hydrogen-bond acceptors (Lipinski definition) is 5. The number of nitrogens with zero attached hydrogens (tertiary/aromatic N) is 3. The van der Waals surface area contributed by atoms with Crippen molar-refractivity contribution in [1.29, 1.82) is 0 Å². The summed E-state index contributed by atoms with van der Waals surface area (Å²) >= 11 is 0. The summed E-state index contributed by atoms with van der Waals surface area (Å²) in [6.45, 7) is 8.51. The average Bonchev–Trinajstić information content (AvgIpc) is 3.05. The number of anilines is 1. The van der Waals surface area contributed by atoms with Crippen LogP contribution in [0.25, 0.3) is 0 Å². The fourth-order valence-electron chi connectivity index (χ4n) is 4.51. The molecule has 4 rings (SSSR count). The Hall–Kier alpha value is -1.66. The smallest absolute Gasteiger partial charge is 0.239 e. The van der Waals surface area contributed by atoms with Crippen molar-refractivity contribution in [3.8, 4) is 0 Å². The van der Waals surface area contributed by atoms with E-state index in [0.717, 1.165) is 63.7 Å². The number of amides is 1. The van der Waals surface area contributed by atoms with Crippen molar-refractivity contribution >= 4 is 11.7 Å². The zero-order chi connectivity index (χ0) is 17.3. The molecule has 1 spiro atoms. The van der Waals surface area contributed by atoms with Crippen LogP contribution in [0.1, 0.15) is 25.0 Å². The van der Waals surface area contributed by atoms with Gasteiger partial charge in [0.15, 0.2) is 0 Å². The molecular formula is C19H29N5O. The predicted octanol–water partition coefficient (Wildman–Crippen LogP) is 0.770. The molecule has 136 valence electrons. The maximum Gasteiger partial charge on any atom is 0.239 e. The molecule has 0 radical (unpaired) electrons. The summed E-state index contributed by atoms with van der Waals surface area (Å²) in [5.74, 6) is 1.33. The molecule has 0 bridgehead atoms. The van der Waals surface area contributed by atoms with E-state index in [0.29, 0.717) is 11.3 Å². The van der Waals surface area contributed by atoms with Crippen LogP contribution in [0.5, 0.6) is 0 Å². The van der Waals surface area contributed by atoms with E-state index in [-0.39, 0.29) is 6.04 Å². The van der Waals surface area contributed by atoms with Gasteiger partial charge < -0.3 is 20.4 Å². The average molecular weight is 343 g/mol. The van der Waals surface area contributed by atoms with Gasteiger partial charge in [0, 0.05) is 38.4 Å². The largest absolute Gasteiger partial charge is 0.353 e. The Balaban J connectivity index is 1.32. The number of nitrogens with one attached hydrogen (secondary N) is 2. The van der Waals surface area contributed by atoms with E-state index < -0.39 is 0 Å². The zero-order valence-corrected chi connectivity index (χ0v) is 15.1. The van der Waals surface area contributed by atoms with Crippen molar-refractivity contribution in [3.63, 3.8) is 0 Å². The van der Waals surface area contributed by atoms with Gasteiger partial charge in [0.25, 0.3) is 0 Å². The Labute approximate surface area is 150 Å². The minimum atomic E-state index is 0.0155. The Morgan fingerprint density at radius 2 is 1.96 bits per heavy atom. The molecule has 1 aromatic heterocycles. The number of pyridine rings is 1. The van der Waals surface area contributed by atoms with Gasteiger partial charge in [-0.05, 0) is 56.8 Å². The summed E-state index contributed by atoms with van der Waals surface area (Å²) < 4.78 is 0. The van der Waals surface area contributed by atoms with E-state index in [1.54, 1.807) is 0 Å². The molecule has 2 N–H and O–H groups in total. The van der Waals surface area contributed by atoms with Gasteiger partial charge in [0.2, 0.25) is 5.91 Å². The second-order valence-corrected chi connectivity index (χ2v) is 7.84. The fraction of sp³-hybridized carbons (Fsp3) is 0.684. The van der Waals surface area contributed by atoms with Gasteiger partial charge in [-0.25, -0.2) is 4.98 Å². The highest BCUT2D eigenvalue weighted by molar-refractivity contribution is 5.82. The van der Waals surface area contributed by atoms with Crippen molar-refractivity contribution in [2.45, 2.75) is 32.2 Å². The zero-order valence-electron chi connectivity index (χ0n) is 15.1. The number of carbonyl (C=O) groups excluding carboxylic acids is 1. The van der Waals surface area contributed by atoms with E-state index in [9.17, 15) is 4.79 Å². The van der Waals surface area contributed by atoms with Crippen LogP contribution in [0.3, 0.4) is 0 Å². The number of piperazine rings is 1. The third kappa shape index (κ3) is 3.51. The predicted molar refractivity (Wildman–Crippen MR) is 98.7 cm³/mol. The van der Waals surface area contributed by atoms with Crippen LogP contribution in [0.2, 0.25) is 0 Å². The Kier molecular flexibility index (Phi) is 4.65. The fourth-order valence-corrected chi connectivity index (χ4v) is 4.51. The molecule has 4 heterocycles. The molecule has 3 aliphatic heterocycles. The van der Waals surface area contributed by atoms with Gasteiger partial charge >= 0.3 is 0 Å². The summed E-state index contributed by atoms with van der Waals surface area (Å²) in [6.07, 6.45) is 3.39. The highest BCUT2D eigenvalue weighted by Gasteiger charge is 2.43. The van der Waals surface area contributed by atoms with Crippen LogP contribution in [-0.2, 0) is 4.79 Å². The molecule has 1 atom stereocenters. The van der Waals surface area contributed by atoms with Gasteiger partial charge in [-0.3, -0.25) is 4.79 Å². The molecule has 0 saturated carbocycles. The lowest BCUT2D eigenvalue weighted by atomic mass is 9.77. The molecule has 25 heavy (non-hydrogen) atoms. The molecule has 0 unspecified atom stereocenters. The highest BCUT2D eigenvalue weighted by atomic mass is 16.2. The van der Waals surface area contributed by atoms with Gasteiger partial charge in [-0.1, -0.05) is 6.07 Å². The van der Waals surface area contributed by atoms with Crippen molar-refractivity contribution in [1.82, 2.24) is 20.5 Å². The number of aryl methyl sites for hydroxylation is 1. The monoisotopic (exact) mass is 343 g/mol. The van der Waals surface area contributed by atoms with Gasteiger partial charge in [0.05, 0.1) is 6.04 Å². The summed E-state index contributed by atoms with van der Waals surface area (Å²) in [5, 5.41) is 6.95. The maximum atomic E-state index is 12.9. The van der Waals surface area contributed by atoms with E-state index in [2.05, 4.69) is 32.7 Å². The number of rotatable bonds is 2. The summed E-state index contributed by atoms with van der Waals surface area (Å²) in [4.78, 5) is 21.9. The van der Waals surface area contributed by atoms with E-state index in [4.69, 9.17) is 0 Å². The van der Waals surface area contributed by atoms with Crippen molar-refractivity contribution in [3.05, 3.63) is 23.9 Å². The first-order valence-corrected chi connectivity index (χ1v) is 9.57. The first-order valence-electron chi connectivity index (χ1n) is 9.57. The molecule has 0 aliphatic carbocycles. The molecule has 6 nitrogen and oxygen atoms in total. The minimum Gasteiger partial charge on any atom is -0.353 e. The first-order chi connectivity index (χ1) is 12.2. The summed E-state index contributed by atoms with van der Waals surface area (Å²) in [7, 11) is 0. The molecule has 6 heteroatoms. The molecule has 0 aromatic carbocycles. The van der Waals surface area contributed by atoms with E-state index >= 15 is 0 Å². The lowest BCUT2D eigenvalue weighted by molar-refractivity contribution is -0.133. The standard InChI is InChI=1S/C19H29N5O/c1-15-3-2-4-17(22-15)23-9-11-24(12-10-23)18(25)16-13-19(14-21-16)5-7-20-8-6-19/h2-4,16,20-21H,5-14H2,1H3/t16-/m0/s1. The topological polar surface area (TPSA) is 60.5 Å². The van der Waals surface area contributed by atoms with Crippen molar-refractivity contribution < 1.29 is 4.79 Å². The molecule has 3 saturated heterocycles. The number of hydrogen-bond donors (Lipinski definition) is 2. The summed E-state index contributed by atoms with van der Waals surface area (Å²) in [6, 6.07) is 6.15. The molecule has 3 fully saturated rings. The lowest BCUT2D eigenvalue weighted by Crippen LogP contribution is -2.53. The maximum absolute atomic E-state index is 12.9. The third-order valence-electron chi connectivity index (χ3n) is 6.11. The van der Waals surface area contributed by atoms with Crippen molar-refractivity contribution in [2.24, 2.45) is 5.41 Å². The quantitative estimate of drug-likeness (QED) is 0.831. The lowest BCUT2D eigenvalue weighted by Gasteiger charge is -2.37. The first kappa shape index (κ1) is 16.8. The van der Waals surface area contributed by atoms with Gasteiger partial charge in [-0.2, -0.15) is 0 Å². The van der Waals surface area contributed by atoms with Crippen LogP contribution in [0, 0.1) is 12.3 Å². The Bertz CT molecular complexity index is 620. The number of piperidine rings is 1. The SMILES string of the molecule is Cc1cccc(N2CCN(C(=O)[C@@H]3CC4(CCNCC4)CN3)CC2)n1. The number of carbonyl (C=O) groups is 1. The van der Waals surface area contributed by atoms with Crippen LogP contribution in [0.4, 0.5) is 5.82 Å². The Morgan fingerprint density at radius 3 is 2.68 bits per heavy atom. The Morgan fingerprint density at radius 1 is 1.20 bits per heavy atom. The van der Waals surface area contributed by atoms with Crippen LogP contribution in [-0.4, -0.2) is 67.6 Å². The second kappa shape index (κ2) is 6.92. The normalized spacial score (nSPS) is 26.2. The second-order valence-electron chi connectivity index (χ2n) is 7.84. The van der Waals surface area contributed by atoms with E-state index in [1.807, 2.05) is 17.9 Å².